The number of hydrogen-bond donors (Lipinski definition) is 2. The maximum atomic E-state index is 3.61. The summed E-state index contributed by atoms with van der Waals surface area (Å²) in [7, 11) is 0. The second-order valence-corrected chi connectivity index (χ2v) is 6.21. The van der Waals surface area contributed by atoms with Crippen LogP contribution >= 0.6 is 0 Å². The molecule has 1 heterocycles. The van der Waals surface area contributed by atoms with Gasteiger partial charge in [-0.25, -0.2) is 0 Å². The van der Waals surface area contributed by atoms with Crippen molar-refractivity contribution >= 4 is 0 Å². The summed E-state index contributed by atoms with van der Waals surface area (Å²) in [6, 6.07) is 8.85. The van der Waals surface area contributed by atoms with E-state index in [4.69, 9.17) is 0 Å². The Hall–Kier alpha value is -0.900. The molecule has 0 radical (unpaired) electrons. The Morgan fingerprint density at radius 3 is 2.68 bits per heavy atom. The van der Waals surface area contributed by atoms with E-state index in [9.17, 15) is 0 Å². The van der Waals surface area contributed by atoms with Crippen molar-refractivity contribution in [3.8, 4) is 0 Å². The molecule has 106 valence electrons. The van der Waals surface area contributed by atoms with Gasteiger partial charge in [0, 0.05) is 44.8 Å². The van der Waals surface area contributed by atoms with E-state index in [1.54, 1.807) is 0 Å². The molecule has 3 nitrogen and oxygen atoms in total. The number of aryl methyl sites for hydroxylation is 1. The van der Waals surface area contributed by atoms with E-state index in [1.807, 2.05) is 0 Å². The number of benzene rings is 1. The fourth-order valence-electron chi connectivity index (χ4n) is 2.56. The van der Waals surface area contributed by atoms with Gasteiger partial charge in [-0.2, -0.15) is 0 Å². The van der Waals surface area contributed by atoms with Crippen LogP contribution in [0, 0.1) is 6.92 Å². The quantitative estimate of drug-likeness (QED) is 0.845. The van der Waals surface area contributed by atoms with E-state index in [0.717, 1.165) is 39.4 Å². The van der Waals surface area contributed by atoms with Crippen LogP contribution in [-0.4, -0.2) is 44.3 Å². The second kappa shape index (κ2) is 6.51. The largest absolute Gasteiger partial charge is 0.314 e. The van der Waals surface area contributed by atoms with Gasteiger partial charge < -0.3 is 10.6 Å². The summed E-state index contributed by atoms with van der Waals surface area (Å²) in [5, 5.41) is 7.00. The molecule has 2 rings (SSSR count). The molecule has 0 bridgehead atoms. The Kier molecular flexibility index (Phi) is 4.97. The summed E-state index contributed by atoms with van der Waals surface area (Å²) in [6.07, 6.45) is 0. The third-order valence-electron chi connectivity index (χ3n) is 3.91. The van der Waals surface area contributed by atoms with Gasteiger partial charge in [-0.05, 0) is 12.5 Å². The molecule has 1 saturated heterocycles. The smallest absolute Gasteiger partial charge is 0.0481 e. The number of nitrogens with zero attached hydrogens (tertiary/aromatic N) is 1. The Morgan fingerprint density at radius 1 is 1.26 bits per heavy atom. The van der Waals surface area contributed by atoms with Crippen LogP contribution in [-0.2, 0) is 5.41 Å². The van der Waals surface area contributed by atoms with Crippen LogP contribution in [0.5, 0.6) is 0 Å². The van der Waals surface area contributed by atoms with E-state index < -0.39 is 0 Å². The van der Waals surface area contributed by atoms with Crippen molar-refractivity contribution in [3.05, 3.63) is 35.4 Å². The van der Waals surface area contributed by atoms with Crippen LogP contribution in [0.1, 0.15) is 25.0 Å². The van der Waals surface area contributed by atoms with Crippen molar-refractivity contribution < 1.29 is 0 Å². The molecule has 0 atom stereocenters. The highest BCUT2D eigenvalue weighted by Crippen LogP contribution is 2.22. The van der Waals surface area contributed by atoms with Gasteiger partial charge in [0.2, 0.25) is 0 Å². The molecule has 0 unspecified atom stereocenters. The fraction of sp³-hybridized carbons (Fsp3) is 0.625. The van der Waals surface area contributed by atoms with Crippen molar-refractivity contribution in [2.75, 3.05) is 39.4 Å². The second-order valence-electron chi connectivity index (χ2n) is 6.21. The van der Waals surface area contributed by atoms with E-state index >= 15 is 0 Å². The topological polar surface area (TPSA) is 27.3 Å². The minimum atomic E-state index is 0.181. The maximum absolute atomic E-state index is 3.61. The highest BCUT2D eigenvalue weighted by atomic mass is 15.3. The third kappa shape index (κ3) is 4.30. The minimum Gasteiger partial charge on any atom is -0.314 e. The van der Waals surface area contributed by atoms with E-state index in [-0.39, 0.29) is 5.41 Å². The van der Waals surface area contributed by atoms with Crippen LogP contribution < -0.4 is 10.6 Å². The molecule has 1 aromatic rings. The number of piperazine rings is 1. The highest BCUT2D eigenvalue weighted by molar-refractivity contribution is 5.28. The van der Waals surface area contributed by atoms with Gasteiger partial charge in [0.25, 0.3) is 0 Å². The molecule has 0 amide bonds. The van der Waals surface area contributed by atoms with Gasteiger partial charge in [-0.1, -0.05) is 43.7 Å². The summed E-state index contributed by atoms with van der Waals surface area (Å²) in [6.45, 7) is 13.3. The molecular weight excluding hydrogens is 234 g/mol. The SMILES string of the molecule is Cc1cccc(C(C)(C)CNCN2CCNCC2)c1. The molecule has 19 heavy (non-hydrogen) atoms. The zero-order valence-electron chi connectivity index (χ0n) is 12.5. The van der Waals surface area contributed by atoms with Gasteiger partial charge in [-0.15, -0.1) is 0 Å². The van der Waals surface area contributed by atoms with Crippen LogP contribution in [0.2, 0.25) is 0 Å². The molecule has 2 N–H and O–H groups in total. The lowest BCUT2D eigenvalue weighted by Gasteiger charge is -2.31. The molecule has 1 aliphatic heterocycles. The molecule has 0 spiro atoms. The first-order valence-corrected chi connectivity index (χ1v) is 7.29. The van der Waals surface area contributed by atoms with E-state index in [1.165, 1.54) is 11.1 Å². The van der Waals surface area contributed by atoms with Crippen LogP contribution in [0.15, 0.2) is 24.3 Å². The van der Waals surface area contributed by atoms with Gasteiger partial charge in [0.1, 0.15) is 0 Å². The Morgan fingerprint density at radius 2 is 2.00 bits per heavy atom. The fourth-order valence-corrected chi connectivity index (χ4v) is 2.56. The summed E-state index contributed by atoms with van der Waals surface area (Å²) in [5.41, 5.74) is 2.94. The molecule has 1 aliphatic rings. The van der Waals surface area contributed by atoms with Crippen molar-refractivity contribution in [3.63, 3.8) is 0 Å². The summed E-state index contributed by atoms with van der Waals surface area (Å²) >= 11 is 0. The highest BCUT2D eigenvalue weighted by Gasteiger charge is 2.20. The summed E-state index contributed by atoms with van der Waals surface area (Å²) in [5.74, 6) is 0. The predicted octanol–water partition coefficient (Wildman–Crippen LogP) is 1.72. The van der Waals surface area contributed by atoms with Gasteiger partial charge in [-0.3, -0.25) is 4.90 Å². The van der Waals surface area contributed by atoms with Crippen LogP contribution in [0.3, 0.4) is 0 Å². The lowest BCUT2D eigenvalue weighted by atomic mass is 9.84. The normalized spacial score (nSPS) is 17.6. The molecule has 3 heteroatoms. The molecule has 0 saturated carbocycles. The molecule has 1 aromatic carbocycles. The summed E-state index contributed by atoms with van der Waals surface area (Å²) < 4.78 is 0. The van der Waals surface area contributed by atoms with Crippen molar-refractivity contribution in [2.24, 2.45) is 0 Å². The van der Waals surface area contributed by atoms with Gasteiger partial charge in [0.05, 0.1) is 0 Å². The van der Waals surface area contributed by atoms with E-state index in [2.05, 4.69) is 60.6 Å². The maximum Gasteiger partial charge on any atom is 0.0481 e. The minimum absolute atomic E-state index is 0.181. The average Bonchev–Trinajstić information content (AvgIpc) is 2.40. The lowest BCUT2D eigenvalue weighted by Crippen LogP contribution is -2.48. The van der Waals surface area contributed by atoms with Crippen molar-refractivity contribution in [1.82, 2.24) is 15.5 Å². The average molecular weight is 261 g/mol. The molecule has 0 aliphatic carbocycles. The lowest BCUT2D eigenvalue weighted by molar-refractivity contribution is 0.218. The van der Waals surface area contributed by atoms with Crippen molar-refractivity contribution in [1.29, 1.82) is 0 Å². The zero-order valence-corrected chi connectivity index (χ0v) is 12.5. The zero-order chi connectivity index (χ0) is 13.7. The Bertz CT molecular complexity index is 395. The van der Waals surface area contributed by atoms with E-state index in [0.29, 0.717) is 0 Å². The number of rotatable bonds is 5. The van der Waals surface area contributed by atoms with Gasteiger partial charge in [0.15, 0.2) is 0 Å². The molecule has 1 fully saturated rings. The predicted molar refractivity (Wildman–Crippen MR) is 81.5 cm³/mol. The van der Waals surface area contributed by atoms with Crippen LogP contribution in [0.25, 0.3) is 0 Å². The number of nitrogens with one attached hydrogen (secondary N) is 2. The first-order chi connectivity index (χ1) is 9.08. The first-order valence-electron chi connectivity index (χ1n) is 7.29. The standard InChI is InChI=1S/C16H27N3/c1-14-5-4-6-15(11-14)16(2,3)12-18-13-19-9-7-17-8-10-19/h4-6,11,17-18H,7-10,12-13H2,1-3H3. The molecule has 0 aromatic heterocycles. The third-order valence-corrected chi connectivity index (χ3v) is 3.91. The monoisotopic (exact) mass is 261 g/mol. The Balaban J connectivity index is 1.83. The van der Waals surface area contributed by atoms with Gasteiger partial charge >= 0.3 is 0 Å². The Labute approximate surface area is 117 Å². The number of hydrogen-bond acceptors (Lipinski definition) is 3. The molecular formula is C16H27N3. The first kappa shape index (κ1) is 14.5. The van der Waals surface area contributed by atoms with Crippen LogP contribution in [0.4, 0.5) is 0 Å². The van der Waals surface area contributed by atoms with Crippen molar-refractivity contribution in [2.45, 2.75) is 26.2 Å². The summed E-state index contributed by atoms with van der Waals surface area (Å²) in [4.78, 5) is 2.48.